The van der Waals surface area contributed by atoms with Gasteiger partial charge in [-0.2, -0.15) is 20.4 Å². The van der Waals surface area contributed by atoms with E-state index in [1.807, 2.05) is 141 Å². The summed E-state index contributed by atoms with van der Waals surface area (Å²) in [5, 5.41) is 30.5. The summed E-state index contributed by atoms with van der Waals surface area (Å²) in [7, 11) is 0. The van der Waals surface area contributed by atoms with Crippen molar-refractivity contribution in [2.75, 3.05) is 26.4 Å². The Bertz CT molecular complexity index is 6340. The van der Waals surface area contributed by atoms with Crippen molar-refractivity contribution in [3.63, 3.8) is 0 Å². The fourth-order valence-corrected chi connectivity index (χ4v) is 16.4. The van der Waals surface area contributed by atoms with E-state index >= 15 is 4.39 Å². The van der Waals surface area contributed by atoms with Gasteiger partial charge in [-0.15, -0.1) is 11.3 Å². The van der Waals surface area contributed by atoms with Gasteiger partial charge in [-0.3, -0.25) is 34.8 Å². The van der Waals surface area contributed by atoms with Gasteiger partial charge in [-0.05, 0) is 202 Å². The molecule has 1 saturated carbocycles. The Morgan fingerprint density at radius 3 is 1.42 bits per heavy atom. The summed E-state index contributed by atoms with van der Waals surface area (Å²) in [5.74, 6) is 3.68. The number of unbranched alkanes of at least 4 members (excludes halogenated alkanes) is 3. The summed E-state index contributed by atoms with van der Waals surface area (Å²) in [6.07, 6.45) is 17.6. The van der Waals surface area contributed by atoms with Crippen LogP contribution in [-0.4, -0.2) is 102 Å². The minimum absolute atomic E-state index is 0.182. The maximum absolute atomic E-state index is 15.8. The molecule has 2 aliphatic rings. The lowest BCUT2D eigenvalue weighted by atomic mass is 9.71. The number of H-pyrrole nitrogens is 7. The van der Waals surface area contributed by atoms with Crippen LogP contribution in [-0.2, 0) is 6.42 Å². The van der Waals surface area contributed by atoms with Crippen LogP contribution in [0.5, 0.6) is 17.2 Å². The number of aromatic amines is 7. The van der Waals surface area contributed by atoms with Crippen LogP contribution in [0.1, 0.15) is 156 Å². The second kappa shape index (κ2) is 41.1. The summed E-state index contributed by atoms with van der Waals surface area (Å²) in [4.78, 5) is 67.1. The fourth-order valence-electron chi connectivity index (χ4n) is 15.0. The van der Waals surface area contributed by atoms with Crippen LogP contribution in [0.15, 0.2) is 234 Å². The number of hydrogen-bond donors (Lipinski definition) is 8. The van der Waals surface area contributed by atoms with E-state index in [-0.39, 0.29) is 22.5 Å². The van der Waals surface area contributed by atoms with Gasteiger partial charge in [0.15, 0.2) is 29.1 Å². The Labute approximate surface area is 733 Å². The highest BCUT2D eigenvalue weighted by molar-refractivity contribution is 7.15. The van der Waals surface area contributed by atoms with E-state index in [2.05, 4.69) is 166 Å². The quantitative estimate of drug-likeness (QED) is 0.0234. The molecule has 8 N–H and O–H groups in total. The van der Waals surface area contributed by atoms with Gasteiger partial charge in [0.1, 0.15) is 48.4 Å². The van der Waals surface area contributed by atoms with Crippen LogP contribution < -0.4 is 36.2 Å². The predicted octanol–water partition coefficient (Wildman–Crippen LogP) is 22.7. The van der Waals surface area contributed by atoms with E-state index in [0.29, 0.717) is 128 Å². The first-order valence-electron chi connectivity index (χ1n) is 42.4. The number of aryl methyl sites for hydroxylation is 4. The van der Waals surface area contributed by atoms with E-state index < -0.39 is 5.82 Å². The lowest BCUT2D eigenvalue weighted by molar-refractivity contribution is 0.224. The zero-order valence-corrected chi connectivity index (χ0v) is 73.0. The summed E-state index contributed by atoms with van der Waals surface area (Å²) in [5.41, 5.74) is 16.8. The normalized spacial score (nSPS) is 13.1. The number of rotatable bonds is 26. The molecule has 0 bridgehead atoms. The number of nitrogens with zero attached hydrogens (tertiary/aromatic N) is 8. The SMILES string of the molecule is CCCCOc1ccc(-c2[nH]c(=O)c(-c3ncn[nH]3)c(-c3ccc(C)cc3)c2Cl)cc1.CCCCOc1ccc(-c2cc(-c3ccc(CC)s3)c(-c3ncn[nH]3)c(=O)[nH]2)c(F)c1.CCCCOc1ccc(C2=C(F)C(c3ccc(C)cc3)=C(c3ncn[nH]3)CN2)cc1.Cc1ccc(-c2cc(-c3ccc(C4CCC(C)(C)CC4)cc3)[nH]c(=O)c2-c2ncn[nH]2)cc1. The number of allylic oxidation sites excluding steroid dienone is 2. The first-order chi connectivity index (χ1) is 60.7. The summed E-state index contributed by atoms with van der Waals surface area (Å²) < 4.78 is 47.8. The number of nitrogens with one attached hydrogen (secondary N) is 8. The van der Waals surface area contributed by atoms with Gasteiger partial charge in [0.25, 0.3) is 16.7 Å². The number of pyridine rings is 3. The number of benzene rings is 7. The van der Waals surface area contributed by atoms with Gasteiger partial charge in [0, 0.05) is 67.0 Å². The number of hydrogen-bond acceptors (Lipinski definition) is 16. The zero-order chi connectivity index (χ0) is 87.5. The molecule has 0 unspecified atom stereocenters. The van der Waals surface area contributed by atoms with Gasteiger partial charge in [-0.1, -0.05) is 186 Å². The Balaban J connectivity index is 0.000000136. The monoisotopic (exact) mass is 1710 g/mol. The molecular weight excluding hydrogens is 1610 g/mol. The van der Waals surface area contributed by atoms with Gasteiger partial charge in [-0.25, -0.2) is 28.7 Å². The lowest BCUT2D eigenvalue weighted by Gasteiger charge is -2.34. The Morgan fingerprint density at radius 1 is 0.456 bits per heavy atom. The lowest BCUT2D eigenvalue weighted by Crippen LogP contribution is -2.22. The predicted molar refractivity (Wildman–Crippen MR) is 495 cm³/mol. The molecule has 0 amide bonds. The number of ether oxygens (including phenoxy) is 3. The smallest absolute Gasteiger partial charge is 0.260 e. The fraction of sp³-hybridized carbons (Fsp3) is 0.263. The molecule has 0 radical (unpaired) electrons. The van der Waals surface area contributed by atoms with Crippen LogP contribution in [0.2, 0.25) is 5.02 Å². The van der Waals surface area contributed by atoms with Crippen molar-refractivity contribution in [3.05, 3.63) is 305 Å². The highest BCUT2D eigenvalue weighted by Gasteiger charge is 2.30. The molecule has 7 aromatic carbocycles. The molecule has 0 saturated heterocycles. The topological polar surface area (TPSA) is 305 Å². The second-order valence-corrected chi connectivity index (χ2v) is 33.3. The number of halogens is 3. The van der Waals surface area contributed by atoms with Crippen molar-refractivity contribution in [2.24, 2.45) is 5.41 Å². The molecule has 125 heavy (non-hydrogen) atoms. The third kappa shape index (κ3) is 21.4. The van der Waals surface area contributed by atoms with E-state index in [0.717, 1.165) is 123 Å². The molecule has 17 rings (SSSR count). The van der Waals surface area contributed by atoms with Crippen molar-refractivity contribution in [3.8, 4) is 118 Å². The summed E-state index contributed by atoms with van der Waals surface area (Å²) in [6, 6.07) is 60.3. The molecule has 0 atom stereocenters. The van der Waals surface area contributed by atoms with Gasteiger partial charge in [0.2, 0.25) is 0 Å². The van der Waals surface area contributed by atoms with Gasteiger partial charge < -0.3 is 34.5 Å². The zero-order valence-electron chi connectivity index (χ0n) is 71.5. The third-order valence-corrected chi connectivity index (χ3v) is 23.9. The number of thiophene rings is 1. The Hall–Kier alpha value is -13.5. The summed E-state index contributed by atoms with van der Waals surface area (Å²) >= 11 is 8.49. The second-order valence-electron chi connectivity index (χ2n) is 31.8. The molecule has 1 aliphatic heterocycles. The van der Waals surface area contributed by atoms with Crippen molar-refractivity contribution < 1.29 is 23.0 Å². The average Bonchev–Trinajstić information content (AvgIpc) is 1.68. The number of aromatic nitrogens is 15. The molecule has 1 fully saturated rings. The van der Waals surface area contributed by atoms with E-state index in [9.17, 15) is 18.8 Å². The van der Waals surface area contributed by atoms with Crippen molar-refractivity contribution in [1.82, 2.24) is 81.0 Å². The maximum Gasteiger partial charge on any atom is 0.260 e. The minimum atomic E-state index is -0.455. The summed E-state index contributed by atoms with van der Waals surface area (Å²) in [6.45, 7) is 21.6. The van der Waals surface area contributed by atoms with Crippen LogP contribution in [0.3, 0.4) is 0 Å². The van der Waals surface area contributed by atoms with E-state index in [1.54, 1.807) is 29.5 Å². The molecule has 22 nitrogen and oxygen atoms in total. The van der Waals surface area contributed by atoms with Crippen LogP contribution in [0, 0.1) is 32.0 Å². The molecule has 9 heterocycles. The van der Waals surface area contributed by atoms with Crippen molar-refractivity contribution >= 4 is 39.8 Å². The van der Waals surface area contributed by atoms with Crippen LogP contribution in [0.4, 0.5) is 8.78 Å². The molecule has 640 valence electrons. The first-order valence-corrected chi connectivity index (χ1v) is 43.5. The Kier molecular flexibility index (Phi) is 28.9. The highest BCUT2D eigenvalue weighted by Crippen LogP contribution is 2.45. The van der Waals surface area contributed by atoms with Crippen LogP contribution >= 0.6 is 22.9 Å². The molecular formula is C99H101ClF2N16O6S. The third-order valence-electron chi connectivity index (χ3n) is 22.2. The Morgan fingerprint density at radius 2 is 0.912 bits per heavy atom. The van der Waals surface area contributed by atoms with E-state index in [4.69, 9.17) is 25.8 Å². The molecule has 8 aromatic heterocycles. The molecule has 0 spiro atoms. The maximum atomic E-state index is 15.8. The average molecular weight is 1720 g/mol. The minimum Gasteiger partial charge on any atom is -0.494 e. The van der Waals surface area contributed by atoms with Crippen LogP contribution in [0.25, 0.3) is 117 Å². The largest absolute Gasteiger partial charge is 0.494 e. The van der Waals surface area contributed by atoms with Gasteiger partial charge in [0.05, 0.1) is 58.6 Å². The van der Waals surface area contributed by atoms with Crippen molar-refractivity contribution in [2.45, 2.75) is 139 Å². The molecule has 15 aromatic rings. The van der Waals surface area contributed by atoms with Crippen molar-refractivity contribution in [1.29, 1.82) is 0 Å². The first kappa shape index (κ1) is 87.8. The highest BCUT2D eigenvalue weighted by atomic mass is 35.5. The standard InChI is InChI=1S/C28H30N4O.C24H23ClN4O2.C24H25FN4O.C23H23FN4O2S/c1-18-4-6-21(7-5-18)23-16-24(31-27(33)25(23)26-29-17-30-32-26)22-10-8-19(9-11-22)20-12-14-28(2,3)15-13-20;1-3-4-13-31-18-11-9-17(10-12-18)22-21(25)19(16-7-5-15(2)6-8-16)20(24(30)28-22)23-26-14-27-29-23;1-3-4-13-30-19-11-9-18(10-12-19)23-22(25)21(17-7-5-16(2)6-8-17)20(14-26-23)24-27-15-28-29-24;1-3-5-10-30-14-6-8-16(18(24)11-14)19-12-17(20-9-7-15(4-2)31-20)21(23(29)27-19)22-25-13-26-28-22/h4-11,16-17,20H,12-15H2,1-3H3,(H,31,33)(H,29,30,32);5-12,14H,3-4,13H2,1-2H3,(H,28,30)(H,26,27,29);5-12,15,26H,3-4,13-14H2,1-2H3,(H,27,28,29);6-9,11-13H,3-5,10H2,1-2H3,(H,27,29)(H,25,26,28). The molecule has 26 heteroatoms. The molecule has 1 aliphatic carbocycles. The van der Waals surface area contributed by atoms with E-state index in [1.165, 1.54) is 73.1 Å². The van der Waals surface area contributed by atoms with Gasteiger partial charge >= 0.3 is 0 Å². The number of dihydropyridines is 1.